The van der Waals surface area contributed by atoms with Gasteiger partial charge in [-0.3, -0.25) is 9.59 Å². The molecule has 0 fully saturated rings. The first-order chi connectivity index (χ1) is 11.9. The van der Waals surface area contributed by atoms with Crippen LogP contribution in [0, 0.1) is 0 Å². The third-order valence-corrected chi connectivity index (χ3v) is 3.45. The van der Waals surface area contributed by atoms with Gasteiger partial charge in [-0.2, -0.15) is 0 Å². The number of carbonyl (C=O) groups excluding carboxylic acids is 2. The van der Waals surface area contributed by atoms with Gasteiger partial charge in [0.1, 0.15) is 18.4 Å². The van der Waals surface area contributed by atoms with Crippen LogP contribution in [-0.4, -0.2) is 67.2 Å². The number of methoxy groups -OCH3 is 1. The zero-order chi connectivity index (χ0) is 18.8. The summed E-state index contributed by atoms with van der Waals surface area (Å²) in [7, 11) is 1.56. The summed E-state index contributed by atoms with van der Waals surface area (Å²) in [4.78, 5) is 36.2. The van der Waals surface area contributed by atoms with Crippen LogP contribution in [0.4, 0.5) is 0 Å². The molecule has 138 valence electrons. The van der Waals surface area contributed by atoms with Gasteiger partial charge in [0.2, 0.25) is 5.91 Å². The van der Waals surface area contributed by atoms with Crippen molar-refractivity contribution in [3.05, 3.63) is 29.8 Å². The van der Waals surface area contributed by atoms with Crippen LogP contribution in [0.5, 0.6) is 5.75 Å². The number of rotatable bonds is 10. The number of carboxylic acid groups (broad SMARTS) is 1. The van der Waals surface area contributed by atoms with Gasteiger partial charge in [-0.25, -0.2) is 4.79 Å². The summed E-state index contributed by atoms with van der Waals surface area (Å²) in [6.07, 6.45) is 0. The lowest BCUT2D eigenvalue weighted by Gasteiger charge is -2.26. The Kier molecular flexibility index (Phi) is 8.42. The molecule has 0 spiro atoms. The predicted molar refractivity (Wildman–Crippen MR) is 90.6 cm³/mol. The fourth-order valence-corrected chi connectivity index (χ4v) is 2.08. The second kappa shape index (κ2) is 10.3. The van der Waals surface area contributed by atoms with Gasteiger partial charge >= 0.3 is 5.97 Å². The van der Waals surface area contributed by atoms with Gasteiger partial charge in [0, 0.05) is 32.7 Å². The second-order valence-electron chi connectivity index (χ2n) is 5.36. The van der Waals surface area contributed by atoms with Crippen molar-refractivity contribution in [3.8, 4) is 5.75 Å². The van der Waals surface area contributed by atoms with E-state index in [9.17, 15) is 19.5 Å². The Labute approximate surface area is 146 Å². The molecular formula is C17H24N2O6. The molecule has 1 aromatic rings. The Morgan fingerprint density at radius 1 is 1.28 bits per heavy atom. The smallest absolute Gasteiger partial charge is 0.326 e. The Balaban J connectivity index is 2.89. The van der Waals surface area contributed by atoms with Crippen molar-refractivity contribution in [3.63, 3.8) is 0 Å². The highest BCUT2D eigenvalue weighted by Crippen LogP contribution is 2.16. The van der Waals surface area contributed by atoms with Gasteiger partial charge in [-0.05, 0) is 25.1 Å². The Bertz CT molecular complexity index is 605. The van der Waals surface area contributed by atoms with E-state index in [1.807, 2.05) is 0 Å². The number of amides is 2. The first kappa shape index (κ1) is 20.4. The summed E-state index contributed by atoms with van der Waals surface area (Å²) in [5.41, 5.74) is 0.311. The molecule has 1 atom stereocenters. The molecule has 1 unspecified atom stereocenters. The van der Waals surface area contributed by atoms with Crippen molar-refractivity contribution in [2.45, 2.75) is 19.9 Å². The average molecular weight is 352 g/mol. The molecule has 0 aliphatic rings. The van der Waals surface area contributed by atoms with Crippen LogP contribution < -0.4 is 10.1 Å². The molecule has 8 heteroatoms. The standard InChI is InChI=1S/C17H24N2O6/c1-12(17(22)23)19(8-7-18-13(2)20)16(21)14-5-4-6-15(11-14)25-10-9-24-3/h4-6,11-12H,7-10H2,1-3H3,(H,18,20)(H,22,23). The molecule has 0 aromatic heterocycles. The summed E-state index contributed by atoms with van der Waals surface area (Å²) in [5.74, 6) is -1.32. The van der Waals surface area contributed by atoms with E-state index < -0.39 is 17.9 Å². The minimum Gasteiger partial charge on any atom is -0.491 e. The van der Waals surface area contributed by atoms with Crippen LogP contribution in [0.15, 0.2) is 24.3 Å². The van der Waals surface area contributed by atoms with Crippen LogP contribution in [0.1, 0.15) is 24.2 Å². The highest BCUT2D eigenvalue weighted by atomic mass is 16.5. The third kappa shape index (κ3) is 6.80. The molecule has 0 saturated heterocycles. The molecule has 0 heterocycles. The number of carbonyl (C=O) groups is 3. The molecule has 0 aliphatic carbocycles. The molecule has 2 amide bonds. The molecule has 1 aromatic carbocycles. The normalized spacial score (nSPS) is 11.5. The molecule has 0 bridgehead atoms. The summed E-state index contributed by atoms with van der Waals surface area (Å²) in [5, 5.41) is 11.8. The molecular weight excluding hydrogens is 328 g/mol. The first-order valence-corrected chi connectivity index (χ1v) is 7.86. The Morgan fingerprint density at radius 2 is 2.00 bits per heavy atom. The number of ether oxygens (including phenoxy) is 2. The van der Waals surface area contributed by atoms with E-state index in [4.69, 9.17) is 9.47 Å². The molecule has 0 aliphatic heterocycles. The van der Waals surface area contributed by atoms with E-state index in [2.05, 4.69) is 5.32 Å². The summed E-state index contributed by atoms with van der Waals surface area (Å²) < 4.78 is 10.4. The lowest BCUT2D eigenvalue weighted by atomic mass is 10.1. The van der Waals surface area contributed by atoms with Crippen molar-refractivity contribution in [1.29, 1.82) is 0 Å². The average Bonchev–Trinajstić information content (AvgIpc) is 2.58. The van der Waals surface area contributed by atoms with Crippen LogP contribution in [0.25, 0.3) is 0 Å². The van der Waals surface area contributed by atoms with E-state index >= 15 is 0 Å². The van der Waals surface area contributed by atoms with Gasteiger partial charge < -0.3 is 24.8 Å². The maximum Gasteiger partial charge on any atom is 0.326 e. The molecule has 0 saturated carbocycles. The number of aliphatic carboxylic acids is 1. The predicted octanol–water partition coefficient (Wildman–Crippen LogP) is 0.763. The zero-order valence-electron chi connectivity index (χ0n) is 14.7. The maximum atomic E-state index is 12.7. The van der Waals surface area contributed by atoms with Crippen molar-refractivity contribution in [1.82, 2.24) is 10.2 Å². The van der Waals surface area contributed by atoms with Gasteiger partial charge in [0.15, 0.2) is 0 Å². The minimum absolute atomic E-state index is 0.0840. The van der Waals surface area contributed by atoms with E-state index in [1.54, 1.807) is 31.4 Å². The van der Waals surface area contributed by atoms with Gasteiger partial charge in [0.05, 0.1) is 6.61 Å². The molecule has 2 N–H and O–H groups in total. The monoisotopic (exact) mass is 352 g/mol. The lowest BCUT2D eigenvalue weighted by Crippen LogP contribution is -2.46. The second-order valence-corrected chi connectivity index (χ2v) is 5.36. The van der Waals surface area contributed by atoms with Crippen LogP contribution in [-0.2, 0) is 14.3 Å². The van der Waals surface area contributed by atoms with E-state index in [0.717, 1.165) is 0 Å². The van der Waals surface area contributed by atoms with Gasteiger partial charge in [-0.15, -0.1) is 0 Å². The third-order valence-electron chi connectivity index (χ3n) is 3.45. The Morgan fingerprint density at radius 3 is 2.60 bits per heavy atom. The number of benzene rings is 1. The first-order valence-electron chi connectivity index (χ1n) is 7.86. The maximum absolute atomic E-state index is 12.7. The topological polar surface area (TPSA) is 105 Å². The molecule has 25 heavy (non-hydrogen) atoms. The number of nitrogens with one attached hydrogen (secondary N) is 1. The summed E-state index contributed by atoms with van der Waals surface area (Å²) >= 11 is 0. The van der Waals surface area contributed by atoms with E-state index in [1.165, 1.54) is 18.7 Å². The van der Waals surface area contributed by atoms with Crippen molar-refractivity contribution >= 4 is 17.8 Å². The number of nitrogens with zero attached hydrogens (tertiary/aromatic N) is 1. The number of hydrogen-bond acceptors (Lipinski definition) is 5. The zero-order valence-corrected chi connectivity index (χ0v) is 14.7. The van der Waals surface area contributed by atoms with Crippen LogP contribution >= 0.6 is 0 Å². The SMILES string of the molecule is COCCOc1cccc(C(=O)N(CCNC(C)=O)C(C)C(=O)O)c1. The van der Waals surface area contributed by atoms with Crippen molar-refractivity contribution in [2.75, 3.05) is 33.4 Å². The van der Waals surface area contributed by atoms with E-state index in [0.29, 0.717) is 24.5 Å². The quantitative estimate of drug-likeness (QED) is 0.603. The fraction of sp³-hybridized carbons (Fsp3) is 0.471. The molecule has 1 rings (SSSR count). The van der Waals surface area contributed by atoms with Crippen molar-refractivity contribution < 1.29 is 29.0 Å². The number of hydrogen-bond donors (Lipinski definition) is 2. The van der Waals surface area contributed by atoms with E-state index in [-0.39, 0.29) is 19.0 Å². The fourth-order valence-electron chi connectivity index (χ4n) is 2.08. The van der Waals surface area contributed by atoms with Gasteiger partial charge in [-0.1, -0.05) is 6.07 Å². The lowest BCUT2D eigenvalue weighted by molar-refractivity contribution is -0.141. The van der Waals surface area contributed by atoms with Crippen LogP contribution in [0.2, 0.25) is 0 Å². The molecule has 8 nitrogen and oxygen atoms in total. The molecule has 0 radical (unpaired) electrons. The summed E-state index contributed by atoms with van der Waals surface area (Å²) in [6, 6.07) is 5.48. The summed E-state index contributed by atoms with van der Waals surface area (Å²) in [6.45, 7) is 3.78. The highest BCUT2D eigenvalue weighted by molar-refractivity contribution is 5.96. The largest absolute Gasteiger partial charge is 0.491 e. The van der Waals surface area contributed by atoms with Gasteiger partial charge in [0.25, 0.3) is 5.91 Å². The highest BCUT2D eigenvalue weighted by Gasteiger charge is 2.26. The van der Waals surface area contributed by atoms with Crippen LogP contribution in [0.3, 0.4) is 0 Å². The van der Waals surface area contributed by atoms with Crippen molar-refractivity contribution in [2.24, 2.45) is 0 Å². The number of carboxylic acids is 1. The minimum atomic E-state index is -1.12. The Hall–Kier alpha value is -2.61.